The fourth-order valence-electron chi connectivity index (χ4n) is 3.91. The van der Waals surface area contributed by atoms with Crippen molar-refractivity contribution >= 4 is 45.1 Å². The summed E-state index contributed by atoms with van der Waals surface area (Å²) in [4.78, 5) is 4.45. The molecule has 0 aliphatic rings. The lowest BCUT2D eigenvalue weighted by molar-refractivity contribution is 0.311. The summed E-state index contributed by atoms with van der Waals surface area (Å²) >= 11 is 0. The molecule has 5 rings (SSSR count). The van der Waals surface area contributed by atoms with Gasteiger partial charge in [0.05, 0.1) is 13.7 Å². The summed E-state index contributed by atoms with van der Waals surface area (Å²) in [6.45, 7) is 2.56. The first kappa shape index (κ1) is 20.0. The van der Waals surface area contributed by atoms with Crippen LogP contribution in [-0.4, -0.2) is 18.7 Å². The Labute approximate surface area is 180 Å². The zero-order chi connectivity index (χ0) is 19.8. The number of fused-ring (bicyclic) bond motifs is 4. The Morgan fingerprint density at radius 1 is 0.867 bits per heavy atom. The van der Waals surface area contributed by atoms with Gasteiger partial charge in [-0.15, -0.1) is 12.4 Å². The molecule has 0 N–H and O–H groups in total. The average Bonchev–Trinajstić information content (AvgIpc) is 3.12. The Morgan fingerprint density at radius 2 is 1.70 bits per heavy atom. The number of para-hydroxylation sites is 1. The highest BCUT2D eigenvalue weighted by Crippen LogP contribution is 2.35. The Balaban J connectivity index is 0.00000218. The van der Waals surface area contributed by atoms with Crippen molar-refractivity contribution in [3.63, 3.8) is 0 Å². The molecule has 2 aromatic heterocycles. The van der Waals surface area contributed by atoms with Gasteiger partial charge in [0.25, 0.3) is 0 Å². The molecule has 0 aliphatic carbocycles. The highest BCUT2D eigenvalue weighted by atomic mass is 35.5. The van der Waals surface area contributed by atoms with Gasteiger partial charge in [0.15, 0.2) is 11.5 Å². The minimum atomic E-state index is 0. The Morgan fingerprint density at radius 3 is 2.53 bits per heavy atom. The van der Waals surface area contributed by atoms with E-state index in [0.717, 1.165) is 56.2 Å². The molecule has 5 heteroatoms. The smallest absolute Gasteiger partial charge is 0.161 e. The van der Waals surface area contributed by atoms with Crippen molar-refractivity contribution < 1.29 is 13.9 Å². The van der Waals surface area contributed by atoms with Crippen LogP contribution in [0.15, 0.2) is 71.4 Å². The molecule has 0 fully saturated rings. The molecule has 0 unspecified atom stereocenters. The van der Waals surface area contributed by atoms with Gasteiger partial charge in [0.1, 0.15) is 11.2 Å². The van der Waals surface area contributed by atoms with Crippen LogP contribution in [0.4, 0.5) is 0 Å². The van der Waals surface area contributed by atoms with Gasteiger partial charge in [-0.25, -0.2) is 0 Å². The maximum atomic E-state index is 5.95. The van der Waals surface area contributed by atoms with Gasteiger partial charge >= 0.3 is 0 Å². The van der Waals surface area contributed by atoms with E-state index >= 15 is 0 Å². The second-order valence-electron chi connectivity index (χ2n) is 7.06. The molecule has 0 radical (unpaired) electrons. The molecule has 4 nitrogen and oxygen atoms in total. The van der Waals surface area contributed by atoms with E-state index < -0.39 is 0 Å². The van der Waals surface area contributed by atoms with Crippen molar-refractivity contribution in [2.45, 2.75) is 13.3 Å². The maximum absolute atomic E-state index is 5.95. The second kappa shape index (κ2) is 8.25. The highest BCUT2D eigenvalue weighted by molar-refractivity contribution is 6.05. The van der Waals surface area contributed by atoms with E-state index in [-0.39, 0.29) is 12.4 Å². The van der Waals surface area contributed by atoms with Crippen LogP contribution < -0.4 is 9.47 Å². The van der Waals surface area contributed by atoms with Crippen molar-refractivity contribution in [3.05, 3.63) is 78.1 Å². The predicted octanol–water partition coefficient (Wildman–Crippen LogP) is 6.55. The number of ether oxygens (including phenoxy) is 2. The first-order valence-corrected chi connectivity index (χ1v) is 9.74. The van der Waals surface area contributed by atoms with Crippen LogP contribution in [0.1, 0.15) is 18.1 Å². The number of pyridine rings is 1. The maximum Gasteiger partial charge on any atom is 0.161 e. The van der Waals surface area contributed by atoms with Crippen molar-refractivity contribution in [1.82, 2.24) is 4.98 Å². The number of benzene rings is 3. The summed E-state index contributed by atoms with van der Waals surface area (Å²) in [5, 5.41) is 4.45. The molecule has 0 saturated heterocycles. The van der Waals surface area contributed by atoms with Gasteiger partial charge in [-0.05, 0) is 60.2 Å². The van der Waals surface area contributed by atoms with Gasteiger partial charge in [-0.3, -0.25) is 4.98 Å². The van der Waals surface area contributed by atoms with Crippen molar-refractivity contribution in [3.8, 4) is 11.5 Å². The number of methoxy groups -OCH3 is 1. The fraction of sp³-hybridized carbons (Fsp3) is 0.160. The molecule has 0 bridgehead atoms. The number of halogens is 1. The first-order valence-electron chi connectivity index (χ1n) is 9.74. The highest BCUT2D eigenvalue weighted by Gasteiger charge is 2.12. The van der Waals surface area contributed by atoms with Crippen molar-refractivity contribution in [1.29, 1.82) is 0 Å². The van der Waals surface area contributed by atoms with E-state index in [0.29, 0.717) is 6.61 Å². The number of hydrogen-bond acceptors (Lipinski definition) is 4. The Kier molecular flexibility index (Phi) is 5.51. The SMILES string of the molecule is CCOc1cc2c(Cc3ccc4oc5ccccc5c4c3)cncc2cc1OC.Cl. The van der Waals surface area contributed by atoms with Crippen LogP contribution in [-0.2, 0) is 6.42 Å². The van der Waals surface area contributed by atoms with Crippen LogP contribution in [0.5, 0.6) is 11.5 Å². The third-order valence-corrected chi connectivity index (χ3v) is 5.26. The molecular formula is C25H22ClNO3. The van der Waals surface area contributed by atoms with Crippen LogP contribution in [0.3, 0.4) is 0 Å². The van der Waals surface area contributed by atoms with E-state index in [4.69, 9.17) is 13.9 Å². The minimum absolute atomic E-state index is 0. The minimum Gasteiger partial charge on any atom is -0.493 e. The molecular weight excluding hydrogens is 398 g/mol. The van der Waals surface area contributed by atoms with E-state index in [1.165, 1.54) is 5.56 Å². The van der Waals surface area contributed by atoms with E-state index in [1.54, 1.807) is 7.11 Å². The number of hydrogen-bond donors (Lipinski definition) is 0. The van der Waals surface area contributed by atoms with Gasteiger partial charge in [-0.1, -0.05) is 24.3 Å². The number of aromatic nitrogens is 1. The third-order valence-electron chi connectivity index (χ3n) is 5.26. The molecule has 152 valence electrons. The lowest BCUT2D eigenvalue weighted by Gasteiger charge is -2.13. The fourth-order valence-corrected chi connectivity index (χ4v) is 3.91. The molecule has 0 atom stereocenters. The first-order chi connectivity index (χ1) is 14.3. The molecule has 0 amide bonds. The summed E-state index contributed by atoms with van der Waals surface area (Å²) in [5.74, 6) is 1.48. The summed E-state index contributed by atoms with van der Waals surface area (Å²) < 4.78 is 17.2. The number of furan rings is 1. The monoisotopic (exact) mass is 419 g/mol. The van der Waals surface area contributed by atoms with Gasteiger partial charge in [-0.2, -0.15) is 0 Å². The largest absolute Gasteiger partial charge is 0.493 e. The van der Waals surface area contributed by atoms with Gasteiger partial charge in [0, 0.05) is 28.6 Å². The molecule has 0 aliphatic heterocycles. The molecule has 3 aromatic carbocycles. The van der Waals surface area contributed by atoms with Crippen LogP contribution in [0.2, 0.25) is 0 Å². The second-order valence-corrected chi connectivity index (χ2v) is 7.06. The van der Waals surface area contributed by atoms with Crippen molar-refractivity contribution in [2.75, 3.05) is 13.7 Å². The Bertz CT molecular complexity index is 1340. The third kappa shape index (κ3) is 3.44. The van der Waals surface area contributed by atoms with E-state index in [9.17, 15) is 0 Å². The van der Waals surface area contributed by atoms with Crippen LogP contribution in [0, 0.1) is 0 Å². The summed E-state index contributed by atoms with van der Waals surface area (Å²) in [6.07, 6.45) is 4.57. The molecule has 0 spiro atoms. The molecule has 2 heterocycles. The van der Waals surface area contributed by atoms with E-state index in [1.807, 2.05) is 43.6 Å². The summed E-state index contributed by atoms with van der Waals surface area (Å²) in [7, 11) is 1.66. The quantitative estimate of drug-likeness (QED) is 0.324. The Hall–Kier alpha value is -3.24. The van der Waals surface area contributed by atoms with E-state index in [2.05, 4.69) is 35.3 Å². The molecule has 5 aromatic rings. The lowest BCUT2D eigenvalue weighted by Crippen LogP contribution is -1.97. The number of rotatable bonds is 5. The zero-order valence-electron chi connectivity index (χ0n) is 16.8. The predicted molar refractivity (Wildman–Crippen MR) is 123 cm³/mol. The summed E-state index contributed by atoms with van der Waals surface area (Å²) in [5.41, 5.74) is 4.19. The summed E-state index contributed by atoms with van der Waals surface area (Å²) in [6, 6.07) is 18.6. The van der Waals surface area contributed by atoms with Crippen LogP contribution >= 0.6 is 12.4 Å². The lowest BCUT2D eigenvalue weighted by atomic mass is 9.99. The molecule has 0 saturated carbocycles. The number of nitrogens with zero attached hydrogens (tertiary/aromatic N) is 1. The van der Waals surface area contributed by atoms with Gasteiger partial charge < -0.3 is 13.9 Å². The topological polar surface area (TPSA) is 44.5 Å². The standard InChI is InChI=1S/C25H21NO3.ClH/c1-3-28-25-13-20-17(14-26-15-18(20)12-24(25)27-2)10-16-8-9-23-21(11-16)19-6-4-5-7-22(19)29-23;/h4-9,11-15H,3,10H2,1-2H3;1H. The van der Waals surface area contributed by atoms with Gasteiger partial charge in [0.2, 0.25) is 0 Å². The molecule has 30 heavy (non-hydrogen) atoms. The van der Waals surface area contributed by atoms with Crippen LogP contribution in [0.25, 0.3) is 32.7 Å². The van der Waals surface area contributed by atoms with Crippen molar-refractivity contribution in [2.24, 2.45) is 0 Å². The average molecular weight is 420 g/mol. The zero-order valence-corrected chi connectivity index (χ0v) is 17.7. The normalized spacial score (nSPS) is 11.0.